The summed E-state index contributed by atoms with van der Waals surface area (Å²) in [5, 5.41) is 8.83. The molecule has 0 aliphatic rings. The summed E-state index contributed by atoms with van der Waals surface area (Å²) in [5.74, 6) is -0.413. The third-order valence-electron chi connectivity index (χ3n) is 0.899. The fourth-order valence-corrected chi connectivity index (χ4v) is 0.487. The first-order valence-corrected chi connectivity index (χ1v) is 3.18. The van der Waals surface area contributed by atoms with Gasteiger partial charge in [0.25, 0.3) is 0 Å². The fourth-order valence-electron chi connectivity index (χ4n) is 0.487. The van der Waals surface area contributed by atoms with Crippen LogP contribution < -0.4 is 0 Å². The molecular weight excluding hydrogens is 132 g/mol. The minimum absolute atomic E-state index is 0.338. The van der Waals surface area contributed by atoms with Crippen LogP contribution in [0, 0.1) is 0 Å². The topological polar surface area (TPSA) is 46.5 Å². The van der Waals surface area contributed by atoms with Gasteiger partial charge in [0.15, 0.2) is 0 Å². The van der Waals surface area contributed by atoms with Crippen molar-refractivity contribution in [3.05, 3.63) is 12.2 Å². The molecule has 0 heterocycles. The van der Waals surface area contributed by atoms with Crippen molar-refractivity contribution in [2.24, 2.45) is 0 Å². The van der Waals surface area contributed by atoms with Crippen LogP contribution in [-0.2, 0) is 9.53 Å². The Morgan fingerprint density at radius 3 is 2.80 bits per heavy atom. The molecule has 0 spiro atoms. The molecule has 3 heteroatoms. The second kappa shape index (κ2) is 5.14. The molecule has 0 aromatic heterocycles. The smallest absolute Gasteiger partial charge is 0.219 e. The van der Waals surface area contributed by atoms with Crippen molar-refractivity contribution in [2.75, 3.05) is 6.61 Å². The van der Waals surface area contributed by atoms with Gasteiger partial charge < -0.3 is 9.84 Å². The maximum atomic E-state index is 10.7. The van der Waals surface area contributed by atoms with Gasteiger partial charge in [-0.15, -0.1) is 0 Å². The molecule has 0 aliphatic carbocycles. The van der Waals surface area contributed by atoms with Gasteiger partial charge in [-0.1, -0.05) is 6.08 Å². The Labute approximate surface area is 60.3 Å². The highest BCUT2D eigenvalue weighted by molar-refractivity contribution is 5.92. The van der Waals surface area contributed by atoms with E-state index in [2.05, 4.69) is 4.74 Å². The predicted octanol–water partition coefficient (Wildman–Crippen LogP) is 0.486. The van der Waals surface area contributed by atoms with Gasteiger partial charge in [-0.3, -0.25) is 4.79 Å². The predicted molar refractivity (Wildman–Crippen MR) is 37.5 cm³/mol. The standard InChI is InChI=1S/C7H12O3/c1-3-5-6(8)7(9)10-4-2/h3,5,7,9H,4H2,1-2H3. The van der Waals surface area contributed by atoms with Gasteiger partial charge in [0.2, 0.25) is 12.1 Å². The zero-order chi connectivity index (χ0) is 7.98. The van der Waals surface area contributed by atoms with E-state index in [1.165, 1.54) is 6.08 Å². The maximum Gasteiger partial charge on any atom is 0.219 e. The zero-order valence-corrected chi connectivity index (χ0v) is 6.20. The molecule has 0 saturated carbocycles. The first kappa shape index (κ1) is 9.33. The number of allylic oxidation sites excluding steroid dienone is 1. The minimum Gasteiger partial charge on any atom is -0.362 e. The molecule has 0 fully saturated rings. The Kier molecular flexibility index (Phi) is 4.80. The Morgan fingerprint density at radius 1 is 1.80 bits per heavy atom. The third kappa shape index (κ3) is 3.37. The van der Waals surface area contributed by atoms with Gasteiger partial charge in [0.1, 0.15) is 0 Å². The van der Waals surface area contributed by atoms with E-state index in [4.69, 9.17) is 5.11 Å². The number of aliphatic hydroxyl groups excluding tert-OH is 1. The van der Waals surface area contributed by atoms with Crippen LogP contribution in [0.2, 0.25) is 0 Å². The number of ether oxygens (including phenoxy) is 1. The molecule has 0 aromatic rings. The Balaban J connectivity index is 3.70. The van der Waals surface area contributed by atoms with E-state index in [1.54, 1.807) is 19.9 Å². The lowest BCUT2D eigenvalue weighted by Gasteiger charge is -2.04. The second-order valence-electron chi connectivity index (χ2n) is 1.71. The number of aliphatic hydroxyl groups is 1. The maximum absolute atomic E-state index is 10.7. The molecule has 1 unspecified atom stereocenters. The van der Waals surface area contributed by atoms with E-state index < -0.39 is 12.1 Å². The molecule has 0 radical (unpaired) electrons. The largest absolute Gasteiger partial charge is 0.362 e. The quantitative estimate of drug-likeness (QED) is 0.461. The second-order valence-corrected chi connectivity index (χ2v) is 1.71. The van der Waals surface area contributed by atoms with Crippen LogP contribution >= 0.6 is 0 Å². The SMILES string of the molecule is CC=CC(=O)C(O)OCC. The van der Waals surface area contributed by atoms with Gasteiger partial charge in [-0.2, -0.15) is 0 Å². The molecule has 0 amide bonds. The molecule has 0 bridgehead atoms. The summed E-state index contributed by atoms with van der Waals surface area (Å²) in [7, 11) is 0. The number of rotatable bonds is 4. The third-order valence-corrected chi connectivity index (χ3v) is 0.899. The van der Waals surface area contributed by atoms with Crippen molar-refractivity contribution in [1.29, 1.82) is 0 Å². The van der Waals surface area contributed by atoms with Crippen molar-refractivity contribution in [3.8, 4) is 0 Å². The van der Waals surface area contributed by atoms with Gasteiger partial charge >= 0.3 is 0 Å². The lowest BCUT2D eigenvalue weighted by Crippen LogP contribution is -2.21. The molecule has 0 rings (SSSR count). The van der Waals surface area contributed by atoms with Gasteiger partial charge in [0.05, 0.1) is 0 Å². The zero-order valence-electron chi connectivity index (χ0n) is 6.20. The van der Waals surface area contributed by atoms with Crippen molar-refractivity contribution < 1.29 is 14.6 Å². The molecule has 3 nitrogen and oxygen atoms in total. The molecule has 0 saturated heterocycles. The first-order chi connectivity index (χ1) is 4.72. The molecule has 10 heavy (non-hydrogen) atoms. The van der Waals surface area contributed by atoms with E-state index >= 15 is 0 Å². The summed E-state index contributed by atoms with van der Waals surface area (Å²) in [4.78, 5) is 10.7. The van der Waals surface area contributed by atoms with Crippen LogP contribution in [-0.4, -0.2) is 23.8 Å². The van der Waals surface area contributed by atoms with E-state index in [0.717, 1.165) is 0 Å². The number of carbonyl (C=O) groups is 1. The fraction of sp³-hybridized carbons (Fsp3) is 0.571. The van der Waals surface area contributed by atoms with E-state index in [0.29, 0.717) is 6.61 Å². The summed E-state index contributed by atoms with van der Waals surface area (Å²) in [6.07, 6.45) is 1.55. The van der Waals surface area contributed by atoms with E-state index in [9.17, 15) is 4.79 Å². The normalized spacial score (nSPS) is 13.9. The number of carbonyl (C=O) groups excluding carboxylic acids is 1. The van der Waals surface area contributed by atoms with Gasteiger partial charge in [0, 0.05) is 6.61 Å². The van der Waals surface area contributed by atoms with Crippen LogP contribution in [0.25, 0.3) is 0 Å². The van der Waals surface area contributed by atoms with Crippen molar-refractivity contribution >= 4 is 5.78 Å². The average molecular weight is 144 g/mol. The van der Waals surface area contributed by atoms with E-state index in [1.807, 2.05) is 0 Å². The summed E-state index contributed by atoms with van der Waals surface area (Å²) >= 11 is 0. The Hall–Kier alpha value is -0.670. The van der Waals surface area contributed by atoms with Gasteiger partial charge in [-0.25, -0.2) is 0 Å². The van der Waals surface area contributed by atoms with Crippen molar-refractivity contribution in [1.82, 2.24) is 0 Å². The summed E-state index contributed by atoms with van der Waals surface area (Å²) in [6, 6.07) is 0. The Bertz CT molecular complexity index is 129. The molecular formula is C7H12O3. The van der Waals surface area contributed by atoms with Crippen molar-refractivity contribution in [2.45, 2.75) is 20.1 Å². The number of ketones is 1. The van der Waals surface area contributed by atoms with E-state index in [-0.39, 0.29) is 0 Å². The van der Waals surface area contributed by atoms with Crippen LogP contribution in [0.15, 0.2) is 12.2 Å². The highest BCUT2D eigenvalue weighted by Crippen LogP contribution is 1.89. The molecule has 1 N–H and O–H groups in total. The van der Waals surface area contributed by atoms with Crippen molar-refractivity contribution in [3.63, 3.8) is 0 Å². The first-order valence-electron chi connectivity index (χ1n) is 3.18. The van der Waals surface area contributed by atoms with Crippen LogP contribution in [0.1, 0.15) is 13.8 Å². The molecule has 58 valence electrons. The number of hydrogen-bond donors (Lipinski definition) is 1. The monoisotopic (exact) mass is 144 g/mol. The summed E-state index contributed by atoms with van der Waals surface area (Å²) < 4.78 is 4.61. The summed E-state index contributed by atoms with van der Waals surface area (Å²) in [6.45, 7) is 3.76. The number of hydrogen-bond acceptors (Lipinski definition) is 3. The average Bonchev–Trinajstić information content (AvgIpc) is 1.89. The highest BCUT2D eigenvalue weighted by atomic mass is 16.6. The Morgan fingerprint density at radius 2 is 2.40 bits per heavy atom. The van der Waals surface area contributed by atoms with Crippen LogP contribution in [0.4, 0.5) is 0 Å². The lowest BCUT2D eigenvalue weighted by atomic mass is 10.3. The van der Waals surface area contributed by atoms with Crippen LogP contribution in [0.3, 0.4) is 0 Å². The van der Waals surface area contributed by atoms with Gasteiger partial charge in [-0.05, 0) is 19.9 Å². The minimum atomic E-state index is -1.29. The molecule has 0 aliphatic heterocycles. The lowest BCUT2D eigenvalue weighted by molar-refractivity contribution is -0.149. The van der Waals surface area contributed by atoms with Crippen LogP contribution in [0.5, 0.6) is 0 Å². The molecule has 1 atom stereocenters. The summed E-state index contributed by atoms with van der Waals surface area (Å²) in [5.41, 5.74) is 0. The highest BCUT2D eigenvalue weighted by Gasteiger charge is 2.09. The molecule has 0 aromatic carbocycles.